The number of aryl methyl sites for hydroxylation is 1. The Morgan fingerprint density at radius 3 is 2.45 bits per heavy atom. The highest BCUT2D eigenvalue weighted by Gasteiger charge is 2.22. The van der Waals surface area contributed by atoms with Crippen molar-refractivity contribution in [3.05, 3.63) is 70.2 Å². The van der Waals surface area contributed by atoms with Crippen LogP contribution in [0.4, 0.5) is 0 Å². The summed E-state index contributed by atoms with van der Waals surface area (Å²) in [4.78, 5) is 21.6. The van der Waals surface area contributed by atoms with Crippen molar-refractivity contribution in [2.75, 3.05) is 46.4 Å². The molecule has 33 heavy (non-hydrogen) atoms. The number of benzene rings is 2. The molecule has 1 aromatic heterocycles. The minimum absolute atomic E-state index is 0.0408. The van der Waals surface area contributed by atoms with E-state index >= 15 is 0 Å². The first-order valence-electron chi connectivity index (χ1n) is 11.0. The Bertz CT molecular complexity index is 1050. The van der Waals surface area contributed by atoms with Crippen LogP contribution in [-0.2, 0) is 6.61 Å². The molecule has 0 saturated carbocycles. The fraction of sp³-hybridized carbons (Fsp3) is 0.360. The van der Waals surface area contributed by atoms with E-state index in [1.807, 2.05) is 65.7 Å². The van der Waals surface area contributed by atoms with Crippen LogP contribution in [0.1, 0.15) is 21.1 Å². The van der Waals surface area contributed by atoms with Gasteiger partial charge in [0.15, 0.2) is 0 Å². The van der Waals surface area contributed by atoms with Gasteiger partial charge in [0.1, 0.15) is 30.5 Å². The number of amides is 1. The molecule has 2 aromatic carbocycles. The first kappa shape index (κ1) is 23.1. The second-order valence-electron chi connectivity index (χ2n) is 7.83. The van der Waals surface area contributed by atoms with E-state index in [2.05, 4.69) is 9.88 Å². The molecule has 0 bridgehead atoms. The first-order valence-corrected chi connectivity index (χ1v) is 11.9. The summed E-state index contributed by atoms with van der Waals surface area (Å²) in [7, 11) is 1.65. The Hall–Kier alpha value is -3.10. The molecule has 1 aliphatic heterocycles. The average molecular weight is 468 g/mol. The predicted molar refractivity (Wildman–Crippen MR) is 128 cm³/mol. The molecule has 0 spiro atoms. The van der Waals surface area contributed by atoms with Crippen LogP contribution in [0.2, 0.25) is 0 Å². The van der Waals surface area contributed by atoms with E-state index in [1.165, 1.54) is 0 Å². The number of nitrogens with zero attached hydrogens (tertiary/aromatic N) is 3. The largest absolute Gasteiger partial charge is 0.497 e. The van der Waals surface area contributed by atoms with Crippen molar-refractivity contribution >= 4 is 17.2 Å². The number of carbonyl (C=O) groups excluding carboxylic acids is 1. The van der Waals surface area contributed by atoms with Gasteiger partial charge < -0.3 is 19.1 Å². The second-order valence-corrected chi connectivity index (χ2v) is 8.89. The third kappa shape index (κ3) is 6.46. The van der Waals surface area contributed by atoms with E-state index in [4.69, 9.17) is 14.2 Å². The first-order chi connectivity index (χ1) is 16.1. The van der Waals surface area contributed by atoms with Crippen LogP contribution in [0.25, 0.3) is 0 Å². The van der Waals surface area contributed by atoms with Crippen LogP contribution in [0.5, 0.6) is 17.2 Å². The molecule has 174 valence electrons. The van der Waals surface area contributed by atoms with Crippen molar-refractivity contribution in [3.8, 4) is 17.2 Å². The summed E-state index contributed by atoms with van der Waals surface area (Å²) in [5.41, 5.74) is 1.56. The third-order valence-electron chi connectivity index (χ3n) is 5.53. The fourth-order valence-electron chi connectivity index (χ4n) is 3.67. The maximum atomic E-state index is 13.0. The normalized spacial score (nSPS) is 14.2. The number of thiazole rings is 1. The van der Waals surface area contributed by atoms with Crippen LogP contribution in [-0.4, -0.2) is 67.1 Å². The predicted octanol–water partition coefficient (Wildman–Crippen LogP) is 3.88. The molecule has 1 amide bonds. The number of hydrogen-bond donors (Lipinski definition) is 0. The lowest BCUT2D eigenvalue weighted by atomic mass is 10.1. The Balaban J connectivity index is 1.21. The van der Waals surface area contributed by atoms with E-state index in [9.17, 15) is 4.79 Å². The summed E-state index contributed by atoms with van der Waals surface area (Å²) in [6.45, 7) is 6.87. The Kier molecular flexibility index (Phi) is 7.80. The molecule has 4 rings (SSSR count). The average Bonchev–Trinajstić information content (AvgIpc) is 3.28. The highest BCUT2D eigenvalue weighted by molar-refractivity contribution is 7.09. The summed E-state index contributed by atoms with van der Waals surface area (Å²) >= 11 is 1.60. The standard InChI is InChI=1S/C25H29N3O4S/c1-19-26-21(18-33-19)17-32-24-5-3-4-20(16-24)25(29)28-12-10-27(11-13-28)14-15-31-23-8-6-22(30-2)7-9-23/h3-9,16,18H,10-15,17H2,1-2H3. The van der Waals surface area contributed by atoms with Crippen molar-refractivity contribution in [2.24, 2.45) is 0 Å². The molecule has 2 heterocycles. The van der Waals surface area contributed by atoms with E-state index in [0.717, 1.165) is 41.8 Å². The van der Waals surface area contributed by atoms with Crippen LogP contribution in [0.15, 0.2) is 53.9 Å². The molecule has 1 aliphatic rings. The summed E-state index contributed by atoms with van der Waals surface area (Å²) in [5.74, 6) is 2.37. The molecule has 7 nitrogen and oxygen atoms in total. The zero-order valence-corrected chi connectivity index (χ0v) is 19.8. The number of ether oxygens (including phenoxy) is 3. The summed E-state index contributed by atoms with van der Waals surface area (Å²) in [6.07, 6.45) is 0. The summed E-state index contributed by atoms with van der Waals surface area (Å²) < 4.78 is 16.8. The fourth-order valence-corrected chi connectivity index (χ4v) is 4.27. The smallest absolute Gasteiger partial charge is 0.254 e. The quantitative estimate of drug-likeness (QED) is 0.476. The van der Waals surface area contributed by atoms with Gasteiger partial charge >= 0.3 is 0 Å². The molecular weight excluding hydrogens is 438 g/mol. The molecule has 1 fully saturated rings. The minimum atomic E-state index is 0.0408. The molecule has 0 unspecified atom stereocenters. The van der Waals surface area contributed by atoms with Gasteiger partial charge in [-0.15, -0.1) is 11.3 Å². The zero-order valence-electron chi connectivity index (χ0n) is 19.0. The van der Waals surface area contributed by atoms with E-state index in [1.54, 1.807) is 18.4 Å². The van der Waals surface area contributed by atoms with Gasteiger partial charge in [-0.1, -0.05) is 6.07 Å². The van der Waals surface area contributed by atoms with Crippen molar-refractivity contribution in [1.82, 2.24) is 14.8 Å². The van der Waals surface area contributed by atoms with Gasteiger partial charge in [-0.25, -0.2) is 4.98 Å². The van der Waals surface area contributed by atoms with Gasteiger partial charge in [0.2, 0.25) is 0 Å². The minimum Gasteiger partial charge on any atom is -0.497 e. The number of carbonyl (C=O) groups is 1. The topological polar surface area (TPSA) is 64.1 Å². The number of aromatic nitrogens is 1. The van der Waals surface area contributed by atoms with Crippen LogP contribution >= 0.6 is 11.3 Å². The Labute approximate surface area is 198 Å². The highest BCUT2D eigenvalue weighted by atomic mass is 32.1. The second kappa shape index (κ2) is 11.2. The SMILES string of the molecule is COc1ccc(OCCN2CCN(C(=O)c3cccc(OCc4csc(C)n4)c3)CC2)cc1. The van der Waals surface area contributed by atoms with Crippen molar-refractivity contribution in [2.45, 2.75) is 13.5 Å². The number of hydrogen-bond acceptors (Lipinski definition) is 7. The Morgan fingerprint density at radius 1 is 1.00 bits per heavy atom. The summed E-state index contributed by atoms with van der Waals surface area (Å²) in [5, 5.41) is 3.01. The van der Waals surface area contributed by atoms with Gasteiger partial charge in [-0.05, 0) is 49.4 Å². The number of rotatable bonds is 9. The lowest BCUT2D eigenvalue weighted by molar-refractivity contribution is 0.0620. The van der Waals surface area contributed by atoms with E-state index in [0.29, 0.717) is 37.6 Å². The lowest BCUT2D eigenvalue weighted by Crippen LogP contribution is -2.49. The Morgan fingerprint density at radius 2 is 1.76 bits per heavy atom. The monoisotopic (exact) mass is 467 g/mol. The number of piperazine rings is 1. The van der Waals surface area contributed by atoms with Gasteiger partial charge in [-0.2, -0.15) is 0 Å². The van der Waals surface area contributed by atoms with Gasteiger partial charge in [0.05, 0.1) is 17.8 Å². The molecule has 0 atom stereocenters. The summed E-state index contributed by atoms with van der Waals surface area (Å²) in [6, 6.07) is 15.0. The molecule has 0 aliphatic carbocycles. The molecule has 0 radical (unpaired) electrons. The van der Waals surface area contributed by atoms with Gasteiger partial charge in [0.25, 0.3) is 5.91 Å². The van der Waals surface area contributed by atoms with Crippen LogP contribution in [0, 0.1) is 6.92 Å². The molecular formula is C25H29N3O4S. The van der Waals surface area contributed by atoms with Crippen molar-refractivity contribution in [3.63, 3.8) is 0 Å². The van der Waals surface area contributed by atoms with E-state index < -0.39 is 0 Å². The molecule has 1 saturated heterocycles. The van der Waals surface area contributed by atoms with Crippen molar-refractivity contribution in [1.29, 1.82) is 0 Å². The lowest BCUT2D eigenvalue weighted by Gasteiger charge is -2.34. The van der Waals surface area contributed by atoms with Crippen LogP contribution in [0.3, 0.4) is 0 Å². The van der Waals surface area contributed by atoms with Gasteiger partial charge in [0, 0.05) is 43.7 Å². The van der Waals surface area contributed by atoms with Crippen LogP contribution < -0.4 is 14.2 Å². The van der Waals surface area contributed by atoms with Crippen molar-refractivity contribution < 1.29 is 19.0 Å². The number of methoxy groups -OCH3 is 1. The zero-order chi connectivity index (χ0) is 23.0. The highest BCUT2D eigenvalue weighted by Crippen LogP contribution is 2.19. The van der Waals surface area contributed by atoms with E-state index in [-0.39, 0.29) is 5.91 Å². The molecule has 0 N–H and O–H groups in total. The molecule has 3 aromatic rings. The maximum Gasteiger partial charge on any atom is 0.254 e. The molecule has 8 heteroatoms. The third-order valence-corrected chi connectivity index (χ3v) is 6.35. The maximum absolute atomic E-state index is 13.0. The van der Waals surface area contributed by atoms with Gasteiger partial charge in [-0.3, -0.25) is 9.69 Å².